The fourth-order valence-corrected chi connectivity index (χ4v) is 5.05. The van der Waals surface area contributed by atoms with E-state index in [0.29, 0.717) is 40.6 Å². The third-order valence-electron chi connectivity index (χ3n) is 7.26. The minimum absolute atomic E-state index is 0.129. The second-order valence-corrected chi connectivity index (χ2v) is 10.1. The number of fused-ring (bicyclic) bond motifs is 2. The maximum absolute atomic E-state index is 12.8. The molecule has 5 rings (SSSR count). The van der Waals surface area contributed by atoms with Crippen molar-refractivity contribution in [2.45, 2.75) is 45.4 Å². The predicted octanol–water partition coefficient (Wildman–Crippen LogP) is 6.32. The molecule has 1 atom stereocenters. The van der Waals surface area contributed by atoms with Crippen LogP contribution < -0.4 is 5.32 Å². The van der Waals surface area contributed by atoms with Gasteiger partial charge in [0.2, 0.25) is 5.89 Å². The van der Waals surface area contributed by atoms with Crippen molar-refractivity contribution in [1.82, 2.24) is 10.3 Å². The number of nitriles is 1. The number of nitrogens with zero attached hydrogens (tertiary/aromatic N) is 3. The quantitative estimate of drug-likeness (QED) is 0.185. The lowest BCUT2D eigenvalue weighted by Gasteiger charge is -2.15. The number of rotatable bonds is 6. The lowest BCUT2D eigenvalue weighted by atomic mass is 9.99. The molecule has 0 fully saturated rings. The van der Waals surface area contributed by atoms with Gasteiger partial charge >= 0.3 is 0 Å². The Morgan fingerprint density at radius 2 is 1.87 bits per heavy atom. The van der Waals surface area contributed by atoms with Gasteiger partial charge in [-0.05, 0) is 85.0 Å². The third-order valence-corrected chi connectivity index (χ3v) is 7.26. The first-order valence-corrected chi connectivity index (χ1v) is 12.8. The summed E-state index contributed by atoms with van der Waals surface area (Å²) in [6.45, 7) is 4.65. The van der Waals surface area contributed by atoms with E-state index in [4.69, 9.17) is 4.42 Å². The molecule has 0 saturated carbocycles. The van der Waals surface area contributed by atoms with Crippen LogP contribution in [0.1, 0.15) is 65.2 Å². The smallest absolute Gasteiger partial charge is 0.269 e. The Labute approximate surface area is 220 Å². The number of oxazole rings is 1. The molecule has 1 aliphatic carbocycles. The van der Waals surface area contributed by atoms with Crippen LogP contribution in [0.15, 0.2) is 59.0 Å². The summed E-state index contributed by atoms with van der Waals surface area (Å²) in [5.74, 6) is 0.783. The highest BCUT2D eigenvalue weighted by molar-refractivity contribution is 5.94. The van der Waals surface area contributed by atoms with Crippen LogP contribution in [0.5, 0.6) is 0 Å². The van der Waals surface area contributed by atoms with Gasteiger partial charge in [-0.25, -0.2) is 4.98 Å². The van der Waals surface area contributed by atoms with Gasteiger partial charge in [0.1, 0.15) is 5.52 Å². The van der Waals surface area contributed by atoms with Gasteiger partial charge < -0.3 is 9.73 Å². The van der Waals surface area contributed by atoms with Gasteiger partial charge in [-0.2, -0.15) is 5.26 Å². The van der Waals surface area contributed by atoms with Crippen LogP contribution in [0.2, 0.25) is 0 Å². The summed E-state index contributed by atoms with van der Waals surface area (Å²) in [5.41, 5.74) is 6.43. The minimum Gasteiger partial charge on any atom is -0.436 e. The molecule has 0 spiro atoms. The Bertz CT molecular complexity index is 1560. The average molecular weight is 509 g/mol. The molecule has 8 nitrogen and oxygen atoms in total. The zero-order valence-electron chi connectivity index (χ0n) is 21.4. The van der Waals surface area contributed by atoms with E-state index in [9.17, 15) is 20.2 Å². The first-order chi connectivity index (χ1) is 18.3. The van der Waals surface area contributed by atoms with Crippen molar-refractivity contribution in [3.63, 3.8) is 0 Å². The molecule has 1 unspecified atom stereocenters. The first kappa shape index (κ1) is 25.2. The molecule has 0 bridgehead atoms. The van der Waals surface area contributed by atoms with Gasteiger partial charge in [0.15, 0.2) is 5.58 Å². The van der Waals surface area contributed by atoms with Crippen LogP contribution in [0.3, 0.4) is 0 Å². The van der Waals surface area contributed by atoms with Crippen LogP contribution in [-0.2, 0) is 12.8 Å². The summed E-state index contributed by atoms with van der Waals surface area (Å²) in [6.07, 6.45) is 3.41. The van der Waals surface area contributed by atoms with Gasteiger partial charge in [0.05, 0.1) is 16.6 Å². The van der Waals surface area contributed by atoms with Gasteiger partial charge in [-0.1, -0.05) is 19.9 Å². The highest BCUT2D eigenvalue weighted by Crippen LogP contribution is 2.32. The second-order valence-electron chi connectivity index (χ2n) is 10.1. The van der Waals surface area contributed by atoms with Gasteiger partial charge in [0, 0.05) is 35.4 Å². The van der Waals surface area contributed by atoms with Crippen LogP contribution in [0.4, 0.5) is 5.69 Å². The van der Waals surface area contributed by atoms with Crippen LogP contribution in [0, 0.1) is 27.4 Å². The molecular weight excluding hydrogens is 480 g/mol. The number of hydrogen-bond donors (Lipinski definition) is 1. The zero-order valence-corrected chi connectivity index (χ0v) is 21.4. The Kier molecular flexibility index (Phi) is 6.93. The molecule has 4 aromatic rings. The number of aryl methyl sites for hydroxylation is 2. The largest absolute Gasteiger partial charge is 0.436 e. The number of carbonyl (C=O) groups excluding carboxylic acids is 1. The van der Waals surface area contributed by atoms with Gasteiger partial charge in [-0.15, -0.1) is 0 Å². The van der Waals surface area contributed by atoms with Gasteiger partial charge in [-0.3, -0.25) is 14.9 Å². The molecule has 38 heavy (non-hydrogen) atoms. The lowest BCUT2D eigenvalue weighted by molar-refractivity contribution is -0.384. The standard InChI is InChI=1S/C30H28N4O4/c1-18(2)26-13-20(16-31)14-27-28(26)38-30(33-27)23-9-7-22(8-10-23)29(35)32-17-19-3-5-21-11-12-25(34(36)37)15-24(21)6-4-19/h7-15,18-19H,3-6,17H2,1-2H3,(H,32,35). The lowest BCUT2D eigenvalue weighted by Crippen LogP contribution is -2.29. The average Bonchev–Trinajstić information content (AvgIpc) is 3.25. The molecule has 1 amide bonds. The highest BCUT2D eigenvalue weighted by atomic mass is 16.6. The summed E-state index contributed by atoms with van der Waals surface area (Å²) in [4.78, 5) is 28.2. The summed E-state index contributed by atoms with van der Waals surface area (Å²) < 4.78 is 6.07. The van der Waals surface area contributed by atoms with E-state index in [-0.39, 0.29) is 22.4 Å². The van der Waals surface area contributed by atoms with E-state index in [1.54, 1.807) is 30.3 Å². The molecule has 1 N–H and O–H groups in total. The van der Waals surface area contributed by atoms with Crippen molar-refractivity contribution in [1.29, 1.82) is 5.26 Å². The molecular formula is C30H28N4O4. The van der Waals surface area contributed by atoms with Crippen LogP contribution in [-0.4, -0.2) is 22.4 Å². The third kappa shape index (κ3) is 5.14. The number of nitrogens with one attached hydrogen (secondary N) is 1. The Morgan fingerprint density at radius 3 is 2.55 bits per heavy atom. The van der Waals surface area contributed by atoms with Crippen molar-refractivity contribution in [3.8, 4) is 17.5 Å². The first-order valence-electron chi connectivity index (χ1n) is 12.8. The molecule has 0 aliphatic heterocycles. The number of hydrogen-bond acceptors (Lipinski definition) is 6. The molecule has 1 aliphatic rings. The monoisotopic (exact) mass is 508 g/mol. The molecule has 1 heterocycles. The Morgan fingerprint density at radius 1 is 1.13 bits per heavy atom. The number of aromatic nitrogens is 1. The highest BCUT2D eigenvalue weighted by Gasteiger charge is 2.20. The van der Waals surface area contributed by atoms with Crippen LogP contribution >= 0.6 is 0 Å². The summed E-state index contributed by atoms with van der Waals surface area (Å²) in [6, 6.07) is 18.0. The van der Waals surface area contributed by atoms with Crippen LogP contribution in [0.25, 0.3) is 22.6 Å². The van der Waals surface area contributed by atoms with E-state index in [1.807, 2.05) is 38.1 Å². The number of nitro groups is 1. The number of amides is 1. The Balaban J connectivity index is 1.23. The topological polar surface area (TPSA) is 122 Å². The summed E-state index contributed by atoms with van der Waals surface area (Å²) >= 11 is 0. The maximum atomic E-state index is 12.8. The second kappa shape index (κ2) is 10.5. The van der Waals surface area contributed by atoms with Gasteiger partial charge in [0.25, 0.3) is 11.6 Å². The molecule has 0 radical (unpaired) electrons. The number of non-ortho nitro benzene ring substituents is 1. The molecule has 1 aromatic heterocycles. The Hall–Kier alpha value is -4.51. The molecule has 0 saturated heterocycles. The number of benzene rings is 3. The van der Waals surface area contributed by atoms with Crippen molar-refractivity contribution in [2.24, 2.45) is 5.92 Å². The van der Waals surface area contributed by atoms with E-state index in [0.717, 1.165) is 47.9 Å². The van der Waals surface area contributed by atoms with Crippen molar-refractivity contribution in [2.75, 3.05) is 6.54 Å². The van der Waals surface area contributed by atoms with E-state index < -0.39 is 0 Å². The molecule has 192 valence electrons. The van der Waals surface area contributed by atoms with E-state index in [1.165, 1.54) is 0 Å². The number of nitro benzene ring substituents is 1. The summed E-state index contributed by atoms with van der Waals surface area (Å²) in [5, 5.41) is 23.5. The SMILES string of the molecule is CC(C)c1cc(C#N)cc2nc(-c3ccc(C(=O)NCC4CCc5ccc([N+](=O)[O-])cc5CC4)cc3)oc12. The minimum atomic E-state index is -0.355. The van der Waals surface area contributed by atoms with Crippen molar-refractivity contribution >= 4 is 22.7 Å². The fraction of sp³-hybridized carbons (Fsp3) is 0.300. The van der Waals surface area contributed by atoms with Crippen molar-refractivity contribution < 1.29 is 14.1 Å². The summed E-state index contributed by atoms with van der Waals surface area (Å²) in [7, 11) is 0. The predicted molar refractivity (Wildman–Crippen MR) is 144 cm³/mol. The zero-order chi connectivity index (χ0) is 26.8. The molecule has 3 aromatic carbocycles. The normalized spacial score (nSPS) is 15.1. The van der Waals surface area contributed by atoms with Crippen molar-refractivity contribution in [3.05, 3.63) is 92.5 Å². The van der Waals surface area contributed by atoms with E-state index >= 15 is 0 Å². The maximum Gasteiger partial charge on any atom is 0.269 e. The molecule has 8 heteroatoms. The fourth-order valence-electron chi connectivity index (χ4n) is 5.05. The van der Waals surface area contributed by atoms with E-state index in [2.05, 4.69) is 16.4 Å². The number of carbonyl (C=O) groups is 1.